The van der Waals surface area contributed by atoms with E-state index >= 15 is 0 Å². The van der Waals surface area contributed by atoms with Gasteiger partial charge in [0, 0.05) is 11.8 Å². The number of benzene rings is 2. The number of aromatic amines is 1. The molecular weight excluding hydrogens is 382 g/mol. The maximum atomic E-state index is 14.0. The molecule has 146 valence electrons. The van der Waals surface area contributed by atoms with Crippen LogP contribution in [0.2, 0.25) is 0 Å². The molecule has 0 unspecified atom stereocenters. The van der Waals surface area contributed by atoms with Gasteiger partial charge in [-0.05, 0) is 42.0 Å². The number of ether oxygens (including phenoxy) is 2. The quantitative estimate of drug-likeness (QED) is 0.526. The molecule has 29 heavy (non-hydrogen) atoms. The fourth-order valence-corrected chi connectivity index (χ4v) is 2.85. The zero-order valence-electron chi connectivity index (χ0n) is 15.1. The molecule has 4 rings (SSSR count). The van der Waals surface area contributed by atoms with Crippen LogP contribution in [0.4, 0.5) is 8.78 Å². The summed E-state index contributed by atoms with van der Waals surface area (Å²) in [6.07, 6.45) is 1.46. The minimum absolute atomic E-state index is 0.0273. The van der Waals surface area contributed by atoms with Crippen molar-refractivity contribution in [3.05, 3.63) is 82.8 Å². The number of para-hydroxylation sites is 1. The van der Waals surface area contributed by atoms with E-state index in [2.05, 4.69) is 10.1 Å². The average molecular weight is 396 g/mol. The second-order valence-electron chi connectivity index (χ2n) is 6.00. The number of halogens is 2. The summed E-state index contributed by atoms with van der Waals surface area (Å²) in [4.78, 5) is 15.5. The van der Waals surface area contributed by atoms with Crippen LogP contribution >= 0.6 is 0 Å². The molecule has 0 amide bonds. The molecule has 0 radical (unpaired) electrons. The topological polar surface area (TPSA) is 77.4 Å². The van der Waals surface area contributed by atoms with Gasteiger partial charge in [-0.15, -0.1) is 0 Å². The van der Waals surface area contributed by atoms with Crippen molar-refractivity contribution < 1.29 is 22.8 Å². The number of rotatable bonds is 5. The molecule has 0 spiro atoms. The molecule has 6 nitrogen and oxygen atoms in total. The molecule has 1 N–H and O–H groups in total. The molecule has 0 saturated carbocycles. The Labute approximate surface area is 163 Å². The zero-order chi connectivity index (χ0) is 20.4. The molecule has 2 aromatic heterocycles. The summed E-state index contributed by atoms with van der Waals surface area (Å²) in [5.74, 6) is -1.44. The molecule has 0 aliphatic heterocycles. The van der Waals surface area contributed by atoms with E-state index < -0.39 is 17.4 Å². The molecule has 0 aliphatic rings. The normalized spacial score (nSPS) is 10.7. The summed E-state index contributed by atoms with van der Waals surface area (Å²) in [5.41, 5.74) is 1.31. The number of hydrogen-bond donors (Lipinski definition) is 1. The van der Waals surface area contributed by atoms with E-state index in [9.17, 15) is 13.6 Å². The van der Waals surface area contributed by atoms with Crippen molar-refractivity contribution in [3.8, 4) is 39.8 Å². The highest BCUT2D eigenvalue weighted by atomic mass is 19.1. The number of aromatic nitrogens is 2. The maximum absolute atomic E-state index is 14.0. The van der Waals surface area contributed by atoms with Gasteiger partial charge in [0.25, 0.3) is 5.56 Å². The van der Waals surface area contributed by atoms with Crippen molar-refractivity contribution in [3.63, 3.8) is 0 Å². The number of nitrogens with zero attached hydrogens (tertiary/aromatic N) is 1. The van der Waals surface area contributed by atoms with Crippen LogP contribution in [0.15, 0.2) is 70.1 Å². The van der Waals surface area contributed by atoms with Crippen LogP contribution in [-0.2, 0) is 0 Å². The lowest BCUT2D eigenvalue weighted by Crippen LogP contribution is -1.97. The number of pyridine rings is 1. The summed E-state index contributed by atoms with van der Waals surface area (Å²) in [6, 6.07) is 13.2. The van der Waals surface area contributed by atoms with Gasteiger partial charge in [0.15, 0.2) is 17.4 Å². The molecular formula is C21H14F2N2O4. The minimum Gasteiger partial charge on any atom is -0.496 e. The van der Waals surface area contributed by atoms with Gasteiger partial charge in [0.1, 0.15) is 5.75 Å². The van der Waals surface area contributed by atoms with E-state index in [-0.39, 0.29) is 11.4 Å². The van der Waals surface area contributed by atoms with Gasteiger partial charge in [-0.1, -0.05) is 12.1 Å². The first-order chi connectivity index (χ1) is 14.1. The van der Waals surface area contributed by atoms with Crippen LogP contribution in [0.5, 0.6) is 17.4 Å². The van der Waals surface area contributed by atoms with E-state index in [4.69, 9.17) is 14.0 Å². The third kappa shape index (κ3) is 3.60. The third-order valence-electron chi connectivity index (χ3n) is 4.19. The van der Waals surface area contributed by atoms with Gasteiger partial charge in [-0.2, -0.15) is 5.16 Å². The maximum Gasteiger partial charge on any atom is 0.280 e. The Balaban J connectivity index is 1.77. The van der Waals surface area contributed by atoms with E-state index in [1.807, 2.05) is 0 Å². The van der Waals surface area contributed by atoms with E-state index in [1.54, 1.807) is 30.3 Å². The largest absolute Gasteiger partial charge is 0.496 e. The summed E-state index contributed by atoms with van der Waals surface area (Å²) in [5, 5.41) is 2.22. The molecule has 0 atom stereocenters. The minimum atomic E-state index is -0.836. The third-order valence-corrected chi connectivity index (χ3v) is 4.19. The predicted octanol–water partition coefficient (Wildman–Crippen LogP) is 4.78. The van der Waals surface area contributed by atoms with Gasteiger partial charge in [0.05, 0.1) is 18.7 Å². The van der Waals surface area contributed by atoms with Crippen molar-refractivity contribution in [2.45, 2.75) is 0 Å². The lowest BCUT2D eigenvalue weighted by Gasteiger charge is -2.13. The Kier molecular flexibility index (Phi) is 4.82. The van der Waals surface area contributed by atoms with Crippen molar-refractivity contribution in [1.29, 1.82) is 0 Å². The van der Waals surface area contributed by atoms with Crippen LogP contribution in [0.1, 0.15) is 0 Å². The molecule has 8 heteroatoms. The molecule has 0 aliphatic carbocycles. The number of methoxy groups -OCH3 is 1. The van der Waals surface area contributed by atoms with Gasteiger partial charge < -0.3 is 14.0 Å². The number of nitrogens with one attached hydrogen (secondary N) is 1. The molecule has 0 bridgehead atoms. The van der Waals surface area contributed by atoms with Crippen LogP contribution in [-0.4, -0.2) is 17.3 Å². The Morgan fingerprint density at radius 1 is 1.00 bits per heavy atom. The van der Waals surface area contributed by atoms with Crippen molar-refractivity contribution in [1.82, 2.24) is 10.1 Å². The Morgan fingerprint density at radius 2 is 1.79 bits per heavy atom. The standard InChI is InChI=1S/C21H14F2N2O4/c1-27-17-10-12(7-8-14(17)18-11-19(26)25-29-18)13-4-3-9-24-21(13)28-20-15(22)5-2-6-16(20)23/h2-11H,1H3,(H,25,26). The number of H-pyrrole nitrogens is 1. The van der Waals surface area contributed by atoms with Crippen molar-refractivity contribution in [2.24, 2.45) is 0 Å². The Bertz CT molecular complexity index is 1210. The summed E-state index contributed by atoms with van der Waals surface area (Å²) >= 11 is 0. The second kappa shape index (κ2) is 7.59. The zero-order valence-corrected chi connectivity index (χ0v) is 15.1. The molecule has 4 aromatic rings. The highest BCUT2D eigenvalue weighted by Gasteiger charge is 2.17. The van der Waals surface area contributed by atoms with E-state index in [0.29, 0.717) is 28.2 Å². The van der Waals surface area contributed by atoms with Gasteiger partial charge in [-0.3, -0.25) is 4.79 Å². The van der Waals surface area contributed by atoms with Gasteiger partial charge in [-0.25, -0.2) is 13.8 Å². The van der Waals surface area contributed by atoms with Crippen LogP contribution < -0.4 is 15.0 Å². The number of hydrogen-bond acceptors (Lipinski definition) is 5. The lowest BCUT2D eigenvalue weighted by atomic mass is 10.0. The molecule has 2 heterocycles. The van der Waals surface area contributed by atoms with E-state index in [0.717, 1.165) is 12.1 Å². The highest BCUT2D eigenvalue weighted by Crippen LogP contribution is 2.38. The van der Waals surface area contributed by atoms with Crippen LogP contribution in [0, 0.1) is 11.6 Å². The second-order valence-corrected chi connectivity index (χ2v) is 6.00. The van der Waals surface area contributed by atoms with Gasteiger partial charge in [0.2, 0.25) is 11.6 Å². The fourth-order valence-electron chi connectivity index (χ4n) is 2.85. The summed E-state index contributed by atoms with van der Waals surface area (Å²) in [6.45, 7) is 0. The van der Waals surface area contributed by atoms with Crippen LogP contribution in [0.25, 0.3) is 22.5 Å². The smallest absolute Gasteiger partial charge is 0.280 e. The van der Waals surface area contributed by atoms with Crippen molar-refractivity contribution in [2.75, 3.05) is 7.11 Å². The summed E-state index contributed by atoms with van der Waals surface area (Å²) in [7, 11) is 1.47. The average Bonchev–Trinajstić information content (AvgIpc) is 3.17. The van der Waals surface area contributed by atoms with E-state index in [1.165, 1.54) is 25.4 Å². The molecule has 2 aromatic carbocycles. The summed E-state index contributed by atoms with van der Waals surface area (Å²) < 4.78 is 44.0. The monoisotopic (exact) mass is 396 g/mol. The van der Waals surface area contributed by atoms with Crippen molar-refractivity contribution >= 4 is 0 Å². The molecule has 0 saturated heterocycles. The Morgan fingerprint density at radius 3 is 2.48 bits per heavy atom. The first-order valence-corrected chi connectivity index (χ1v) is 8.51. The lowest BCUT2D eigenvalue weighted by molar-refractivity contribution is 0.396. The Hall–Kier alpha value is -3.94. The first kappa shape index (κ1) is 18.4. The first-order valence-electron chi connectivity index (χ1n) is 8.51. The van der Waals surface area contributed by atoms with Crippen LogP contribution in [0.3, 0.4) is 0 Å². The fraction of sp³-hybridized carbons (Fsp3) is 0.0476. The van der Waals surface area contributed by atoms with Gasteiger partial charge >= 0.3 is 0 Å². The molecule has 0 fully saturated rings. The SMILES string of the molecule is COc1cc(-c2cccnc2Oc2c(F)cccc2F)ccc1-c1cc(=O)[nH]o1. The highest BCUT2D eigenvalue weighted by molar-refractivity contribution is 5.76. The predicted molar refractivity (Wildman–Crippen MR) is 101 cm³/mol.